The molecule has 3 heterocycles. The van der Waals surface area contributed by atoms with Gasteiger partial charge in [-0.3, -0.25) is 9.78 Å². The fraction of sp³-hybridized carbons (Fsp3) is 0.444. The Morgan fingerprint density at radius 1 is 1.35 bits per heavy atom. The van der Waals surface area contributed by atoms with Crippen molar-refractivity contribution in [3.05, 3.63) is 53.1 Å². The van der Waals surface area contributed by atoms with Gasteiger partial charge in [0.2, 0.25) is 0 Å². The van der Waals surface area contributed by atoms with Crippen molar-refractivity contribution in [3.8, 4) is 0 Å². The summed E-state index contributed by atoms with van der Waals surface area (Å²) in [7, 11) is 0. The standard InChI is InChI=1S/C18H24N4O/c1-13-11-17(18(23)21-15-6-9-19-10-7-15)14(2)22(13)12-16-5-3-4-8-20-16/h3-5,8,11,15,19H,6-7,9-10,12H2,1-2H3,(H,21,23). The number of aromatic nitrogens is 2. The molecule has 23 heavy (non-hydrogen) atoms. The van der Waals surface area contributed by atoms with Crippen LogP contribution in [0, 0.1) is 13.8 Å². The van der Waals surface area contributed by atoms with Crippen molar-refractivity contribution in [1.29, 1.82) is 0 Å². The maximum atomic E-state index is 12.6. The molecule has 0 atom stereocenters. The van der Waals surface area contributed by atoms with E-state index >= 15 is 0 Å². The molecule has 1 aliphatic rings. The average Bonchev–Trinajstić information content (AvgIpc) is 2.85. The number of pyridine rings is 1. The van der Waals surface area contributed by atoms with Crippen molar-refractivity contribution in [2.45, 2.75) is 39.3 Å². The zero-order valence-corrected chi connectivity index (χ0v) is 13.8. The first-order valence-corrected chi connectivity index (χ1v) is 8.23. The Labute approximate surface area is 137 Å². The Hall–Kier alpha value is -2.14. The van der Waals surface area contributed by atoms with Crippen molar-refractivity contribution in [1.82, 2.24) is 20.2 Å². The van der Waals surface area contributed by atoms with Gasteiger partial charge in [0.15, 0.2) is 0 Å². The molecule has 1 aliphatic heterocycles. The van der Waals surface area contributed by atoms with E-state index in [1.165, 1.54) is 0 Å². The van der Waals surface area contributed by atoms with E-state index in [1.807, 2.05) is 38.1 Å². The van der Waals surface area contributed by atoms with Crippen molar-refractivity contribution < 1.29 is 4.79 Å². The Morgan fingerprint density at radius 2 is 2.13 bits per heavy atom. The van der Waals surface area contributed by atoms with Crippen molar-refractivity contribution >= 4 is 5.91 Å². The summed E-state index contributed by atoms with van der Waals surface area (Å²) in [5.41, 5.74) is 3.86. The SMILES string of the molecule is Cc1cc(C(=O)NC2CCNCC2)c(C)n1Cc1ccccn1. The van der Waals surface area contributed by atoms with Crippen LogP contribution in [0.4, 0.5) is 0 Å². The van der Waals surface area contributed by atoms with E-state index in [-0.39, 0.29) is 11.9 Å². The second kappa shape index (κ2) is 6.96. The molecule has 5 nitrogen and oxygen atoms in total. The molecule has 2 aromatic heterocycles. The lowest BCUT2D eigenvalue weighted by Crippen LogP contribution is -2.42. The molecular weight excluding hydrogens is 288 g/mol. The molecule has 0 spiro atoms. The Balaban J connectivity index is 1.75. The van der Waals surface area contributed by atoms with Gasteiger partial charge in [-0.25, -0.2) is 0 Å². The van der Waals surface area contributed by atoms with E-state index in [0.29, 0.717) is 6.54 Å². The molecule has 0 saturated carbocycles. The summed E-state index contributed by atoms with van der Waals surface area (Å²) >= 11 is 0. The predicted octanol–water partition coefficient (Wildman–Crippen LogP) is 2.03. The first-order valence-electron chi connectivity index (χ1n) is 8.23. The molecule has 0 radical (unpaired) electrons. The maximum Gasteiger partial charge on any atom is 0.253 e. The zero-order chi connectivity index (χ0) is 16.2. The lowest BCUT2D eigenvalue weighted by Gasteiger charge is -2.23. The third kappa shape index (κ3) is 3.62. The molecule has 0 aromatic carbocycles. The maximum absolute atomic E-state index is 12.6. The topological polar surface area (TPSA) is 59.0 Å². The highest BCUT2D eigenvalue weighted by Gasteiger charge is 2.20. The number of carbonyl (C=O) groups is 1. The highest BCUT2D eigenvalue weighted by Crippen LogP contribution is 2.17. The minimum atomic E-state index is 0.0391. The number of rotatable bonds is 4. The molecule has 5 heteroatoms. The minimum Gasteiger partial charge on any atom is -0.349 e. The van der Waals surface area contributed by atoms with Gasteiger partial charge in [-0.1, -0.05) is 6.07 Å². The quantitative estimate of drug-likeness (QED) is 0.908. The van der Waals surface area contributed by atoms with Crippen LogP contribution in [-0.4, -0.2) is 34.6 Å². The summed E-state index contributed by atoms with van der Waals surface area (Å²) in [5.74, 6) is 0.0391. The smallest absolute Gasteiger partial charge is 0.253 e. The molecule has 0 bridgehead atoms. The van der Waals surface area contributed by atoms with Gasteiger partial charge in [0, 0.05) is 23.6 Å². The second-order valence-corrected chi connectivity index (χ2v) is 6.19. The molecule has 1 amide bonds. The van der Waals surface area contributed by atoms with E-state index in [2.05, 4.69) is 20.2 Å². The van der Waals surface area contributed by atoms with Crippen LogP contribution in [0.15, 0.2) is 30.5 Å². The van der Waals surface area contributed by atoms with E-state index < -0.39 is 0 Å². The van der Waals surface area contributed by atoms with Crippen LogP contribution < -0.4 is 10.6 Å². The number of nitrogens with one attached hydrogen (secondary N) is 2. The van der Waals surface area contributed by atoms with Gasteiger partial charge in [0.25, 0.3) is 5.91 Å². The van der Waals surface area contributed by atoms with E-state index in [9.17, 15) is 4.79 Å². The van der Waals surface area contributed by atoms with Crippen molar-refractivity contribution in [2.75, 3.05) is 13.1 Å². The molecule has 1 saturated heterocycles. The summed E-state index contributed by atoms with van der Waals surface area (Å²) in [5, 5.41) is 6.49. The van der Waals surface area contributed by atoms with Crippen LogP contribution in [0.25, 0.3) is 0 Å². The molecule has 3 rings (SSSR count). The minimum absolute atomic E-state index is 0.0391. The third-order valence-corrected chi connectivity index (χ3v) is 4.54. The van der Waals surface area contributed by atoms with E-state index in [0.717, 1.165) is 48.6 Å². The number of hydrogen-bond acceptors (Lipinski definition) is 3. The lowest BCUT2D eigenvalue weighted by molar-refractivity contribution is 0.0929. The highest BCUT2D eigenvalue weighted by molar-refractivity contribution is 5.95. The molecule has 2 aromatic rings. The normalized spacial score (nSPS) is 15.6. The van der Waals surface area contributed by atoms with Gasteiger partial charge in [-0.15, -0.1) is 0 Å². The van der Waals surface area contributed by atoms with Crippen LogP contribution in [0.5, 0.6) is 0 Å². The van der Waals surface area contributed by atoms with Crippen LogP contribution >= 0.6 is 0 Å². The van der Waals surface area contributed by atoms with E-state index in [1.54, 1.807) is 6.20 Å². The summed E-state index contributed by atoms with van der Waals surface area (Å²) in [6.07, 6.45) is 3.80. The first kappa shape index (κ1) is 15.7. The first-order chi connectivity index (χ1) is 11.1. The fourth-order valence-electron chi connectivity index (χ4n) is 3.16. The molecule has 0 aliphatic carbocycles. The Morgan fingerprint density at radius 3 is 2.83 bits per heavy atom. The van der Waals surface area contributed by atoms with Gasteiger partial charge < -0.3 is 15.2 Å². The van der Waals surface area contributed by atoms with Crippen molar-refractivity contribution in [3.63, 3.8) is 0 Å². The largest absolute Gasteiger partial charge is 0.349 e. The van der Waals surface area contributed by atoms with Gasteiger partial charge in [-0.2, -0.15) is 0 Å². The Kier molecular flexibility index (Phi) is 4.76. The third-order valence-electron chi connectivity index (χ3n) is 4.54. The Bertz CT molecular complexity index is 672. The molecule has 2 N–H and O–H groups in total. The molecule has 1 fully saturated rings. The predicted molar refractivity (Wildman–Crippen MR) is 90.6 cm³/mol. The molecule has 0 unspecified atom stereocenters. The van der Waals surface area contributed by atoms with E-state index in [4.69, 9.17) is 0 Å². The van der Waals surface area contributed by atoms with Crippen LogP contribution in [0.2, 0.25) is 0 Å². The van der Waals surface area contributed by atoms with Crippen LogP contribution in [0.1, 0.15) is 40.3 Å². The van der Waals surface area contributed by atoms with Gasteiger partial charge >= 0.3 is 0 Å². The number of aryl methyl sites for hydroxylation is 1. The summed E-state index contributed by atoms with van der Waals surface area (Å²) in [6.45, 7) is 6.69. The average molecular weight is 312 g/mol. The van der Waals surface area contributed by atoms with Crippen LogP contribution in [-0.2, 0) is 6.54 Å². The number of piperidine rings is 1. The number of carbonyl (C=O) groups excluding carboxylic acids is 1. The lowest BCUT2D eigenvalue weighted by atomic mass is 10.1. The number of amides is 1. The van der Waals surface area contributed by atoms with Crippen LogP contribution in [0.3, 0.4) is 0 Å². The fourth-order valence-corrected chi connectivity index (χ4v) is 3.16. The van der Waals surface area contributed by atoms with Gasteiger partial charge in [0.05, 0.1) is 17.8 Å². The van der Waals surface area contributed by atoms with Gasteiger partial charge in [-0.05, 0) is 58.0 Å². The van der Waals surface area contributed by atoms with Gasteiger partial charge in [0.1, 0.15) is 0 Å². The number of hydrogen-bond donors (Lipinski definition) is 2. The summed E-state index contributed by atoms with van der Waals surface area (Å²) in [4.78, 5) is 17.0. The molecular formula is C18H24N4O. The van der Waals surface area contributed by atoms with Crippen molar-refractivity contribution in [2.24, 2.45) is 0 Å². The number of nitrogens with zero attached hydrogens (tertiary/aromatic N) is 2. The zero-order valence-electron chi connectivity index (χ0n) is 13.8. The summed E-state index contributed by atoms with van der Waals surface area (Å²) in [6, 6.07) is 8.17. The highest BCUT2D eigenvalue weighted by atomic mass is 16.1. The molecule has 122 valence electrons. The monoisotopic (exact) mass is 312 g/mol. The second-order valence-electron chi connectivity index (χ2n) is 6.19. The summed E-state index contributed by atoms with van der Waals surface area (Å²) < 4.78 is 2.15.